The molecule has 9 heteroatoms. The molecule has 4 rings (SSSR count). The second kappa shape index (κ2) is 7.55. The van der Waals surface area contributed by atoms with Crippen LogP contribution in [0.25, 0.3) is 0 Å². The molecule has 3 aromatic carbocycles. The number of benzene rings is 3. The van der Waals surface area contributed by atoms with Gasteiger partial charge in [0.15, 0.2) is 6.17 Å². The molecule has 1 aliphatic heterocycles. The smallest absolute Gasteiger partial charge is 0.276 e. The second-order valence-electron chi connectivity index (χ2n) is 6.57. The van der Waals surface area contributed by atoms with Crippen LogP contribution >= 0.6 is 0 Å². The third-order valence-electron chi connectivity index (χ3n) is 4.72. The molecule has 0 unspecified atom stereocenters. The highest BCUT2D eigenvalue weighted by molar-refractivity contribution is 6.04. The lowest BCUT2D eigenvalue weighted by molar-refractivity contribution is -0.384. The number of nitrogens with one attached hydrogen (secondary N) is 2. The summed E-state index contributed by atoms with van der Waals surface area (Å²) in [7, 11) is 0. The Morgan fingerprint density at radius 2 is 1.70 bits per heavy atom. The van der Waals surface area contributed by atoms with Crippen LogP contribution in [-0.2, 0) is 0 Å². The first-order chi connectivity index (χ1) is 14.5. The van der Waals surface area contributed by atoms with Crippen molar-refractivity contribution in [1.29, 1.82) is 0 Å². The molecule has 0 bridgehead atoms. The Morgan fingerprint density at radius 3 is 2.40 bits per heavy atom. The Labute approximate surface area is 170 Å². The molecule has 30 heavy (non-hydrogen) atoms. The summed E-state index contributed by atoms with van der Waals surface area (Å²) < 4.78 is 0. The van der Waals surface area contributed by atoms with Gasteiger partial charge in [0.2, 0.25) is 0 Å². The lowest BCUT2D eigenvalue weighted by Crippen LogP contribution is -2.52. The first kappa shape index (κ1) is 18.9. The monoisotopic (exact) mass is 404 g/mol. The molecule has 9 nitrogen and oxygen atoms in total. The van der Waals surface area contributed by atoms with Crippen LogP contribution in [0, 0.1) is 10.1 Å². The van der Waals surface area contributed by atoms with Gasteiger partial charge in [0, 0.05) is 28.9 Å². The molecule has 1 atom stereocenters. The van der Waals surface area contributed by atoms with Crippen molar-refractivity contribution in [2.24, 2.45) is 0 Å². The van der Waals surface area contributed by atoms with Crippen LogP contribution in [0.2, 0.25) is 0 Å². The average Bonchev–Trinajstić information content (AvgIpc) is 2.76. The van der Waals surface area contributed by atoms with Crippen LogP contribution in [0.1, 0.15) is 32.4 Å². The normalized spacial score (nSPS) is 15.1. The van der Waals surface area contributed by atoms with Gasteiger partial charge < -0.3 is 10.4 Å². The highest BCUT2D eigenvalue weighted by atomic mass is 16.6. The first-order valence-corrected chi connectivity index (χ1v) is 8.98. The molecular weight excluding hydrogens is 388 g/mol. The fourth-order valence-electron chi connectivity index (χ4n) is 3.21. The zero-order valence-electron chi connectivity index (χ0n) is 15.5. The summed E-state index contributed by atoms with van der Waals surface area (Å²) in [6, 6.07) is 18.3. The summed E-state index contributed by atoms with van der Waals surface area (Å²) in [6.45, 7) is 0. The fraction of sp³-hybridized carbons (Fsp3) is 0.0476. The van der Waals surface area contributed by atoms with Crippen LogP contribution in [0.3, 0.4) is 0 Å². The zero-order chi connectivity index (χ0) is 21.3. The Kier molecular flexibility index (Phi) is 4.77. The molecule has 0 fully saturated rings. The van der Waals surface area contributed by atoms with Gasteiger partial charge >= 0.3 is 0 Å². The summed E-state index contributed by atoms with van der Waals surface area (Å²) in [4.78, 5) is 36.1. The van der Waals surface area contributed by atoms with Gasteiger partial charge in [-0.3, -0.25) is 25.1 Å². The maximum Gasteiger partial charge on any atom is 0.276 e. The van der Waals surface area contributed by atoms with Gasteiger partial charge in [-0.2, -0.15) is 0 Å². The van der Waals surface area contributed by atoms with E-state index in [-0.39, 0.29) is 17.0 Å². The van der Waals surface area contributed by atoms with E-state index < -0.39 is 22.9 Å². The van der Waals surface area contributed by atoms with Crippen molar-refractivity contribution in [2.45, 2.75) is 6.17 Å². The van der Waals surface area contributed by atoms with Crippen LogP contribution < -0.4 is 10.7 Å². The number of carbonyl (C=O) groups excluding carboxylic acids is 2. The summed E-state index contributed by atoms with van der Waals surface area (Å²) in [5.74, 6) is -1.13. The Hall–Kier alpha value is -4.40. The Balaban J connectivity index is 1.69. The number of hydrazine groups is 1. The number of amides is 2. The number of nitro benzene ring substituents is 1. The number of rotatable bonds is 4. The van der Waals surface area contributed by atoms with E-state index in [4.69, 9.17) is 0 Å². The maximum atomic E-state index is 13.1. The molecule has 1 heterocycles. The van der Waals surface area contributed by atoms with Crippen molar-refractivity contribution in [3.63, 3.8) is 0 Å². The molecule has 0 saturated carbocycles. The van der Waals surface area contributed by atoms with Crippen molar-refractivity contribution < 1.29 is 19.6 Å². The number of nitrogens with zero attached hydrogens (tertiary/aromatic N) is 2. The fourth-order valence-corrected chi connectivity index (χ4v) is 3.21. The number of hydrogen-bond acceptors (Lipinski definition) is 6. The van der Waals surface area contributed by atoms with E-state index in [1.807, 2.05) is 0 Å². The standard InChI is InChI=1S/C21H16N4O5/c26-18-8-4-2-6-16(18)19-22-17-7-3-1-5-15(17)21(28)24(19)23-20(27)13-9-11-14(12-10-13)25(29)30/h1-12,19,22,26H,(H,23,27)/t19-/m1/s1. The van der Waals surface area contributed by atoms with E-state index >= 15 is 0 Å². The van der Waals surface area contributed by atoms with Crippen LogP contribution in [-0.4, -0.2) is 26.9 Å². The predicted octanol–water partition coefficient (Wildman–Crippen LogP) is 3.21. The van der Waals surface area contributed by atoms with Gasteiger partial charge in [0.05, 0.1) is 10.5 Å². The highest BCUT2D eigenvalue weighted by Crippen LogP contribution is 2.35. The van der Waals surface area contributed by atoms with E-state index in [1.54, 1.807) is 42.5 Å². The molecule has 0 aromatic heterocycles. The number of para-hydroxylation sites is 2. The van der Waals surface area contributed by atoms with E-state index in [1.165, 1.54) is 30.3 Å². The minimum atomic E-state index is -0.865. The predicted molar refractivity (Wildman–Crippen MR) is 108 cm³/mol. The van der Waals surface area contributed by atoms with Crippen molar-refractivity contribution in [3.8, 4) is 5.75 Å². The summed E-state index contributed by atoms with van der Waals surface area (Å²) in [5, 5.41) is 25.4. The molecule has 3 N–H and O–H groups in total. The number of phenols is 1. The molecular formula is C21H16N4O5. The Bertz CT molecular complexity index is 1150. The van der Waals surface area contributed by atoms with Crippen molar-refractivity contribution in [1.82, 2.24) is 10.4 Å². The Morgan fingerprint density at radius 1 is 1.03 bits per heavy atom. The van der Waals surface area contributed by atoms with Gasteiger partial charge in [-0.1, -0.05) is 30.3 Å². The summed E-state index contributed by atoms with van der Waals surface area (Å²) >= 11 is 0. The molecule has 0 radical (unpaired) electrons. The van der Waals surface area contributed by atoms with Crippen LogP contribution in [0.15, 0.2) is 72.8 Å². The SMILES string of the molecule is O=C(NN1C(=O)c2ccccc2N[C@H]1c1ccccc1O)c1ccc([N+](=O)[O-])cc1. The first-order valence-electron chi connectivity index (χ1n) is 8.98. The topological polar surface area (TPSA) is 125 Å². The molecule has 0 spiro atoms. The van der Waals surface area contributed by atoms with Crippen molar-refractivity contribution in [2.75, 3.05) is 5.32 Å². The van der Waals surface area contributed by atoms with E-state index in [0.29, 0.717) is 16.8 Å². The molecule has 1 aliphatic rings. The molecule has 0 saturated heterocycles. The summed E-state index contributed by atoms with van der Waals surface area (Å²) in [5.41, 5.74) is 3.86. The number of hydrogen-bond donors (Lipinski definition) is 3. The number of anilines is 1. The number of non-ortho nitro benzene ring substituents is 1. The van der Waals surface area contributed by atoms with E-state index in [2.05, 4.69) is 10.7 Å². The molecule has 150 valence electrons. The summed E-state index contributed by atoms with van der Waals surface area (Å²) in [6.07, 6.45) is -0.865. The second-order valence-corrected chi connectivity index (χ2v) is 6.57. The van der Waals surface area contributed by atoms with Gasteiger partial charge in [0.1, 0.15) is 5.75 Å². The molecule has 3 aromatic rings. The van der Waals surface area contributed by atoms with Crippen molar-refractivity contribution >= 4 is 23.2 Å². The number of aromatic hydroxyl groups is 1. The van der Waals surface area contributed by atoms with E-state index in [9.17, 15) is 24.8 Å². The third kappa shape index (κ3) is 3.39. The number of fused-ring (bicyclic) bond motifs is 1. The van der Waals surface area contributed by atoms with Gasteiger partial charge in [-0.15, -0.1) is 0 Å². The molecule has 2 amide bonds. The van der Waals surface area contributed by atoms with Crippen molar-refractivity contribution in [3.05, 3.63) is 99.6 Å². The number of nitro groups is 1. The third-order valence-corrected chi connectivity index (χ3v) is 4.72. The van der Waals surface area contributed by atoms with E-state index in [0.717, 1.165) is 5.01 Å². The number of carbonyl (C=O) groups is 2. The lowest BCUT2D eigenvalue weighted by atomic mass is 10.0. The molecule has 0 aliphatic carbocycles. The largest absolute Gasteiger partial charge is 0.508 e. The minimum absolute atomic E-state index is 0.0447. The maximum absolute atomic E-state index is 13.1. The zero-order valence-corrected chi connectivity index (χ0v) is 15.5. The van der Waals surface area contributed by atoms with Gasteiger partial charge in [-0.25, -0.2) is 5.01 Å². The highest BCUT2D eigenvalue weighted by Gasteiger charge is 2.35. The number of phenolic OH excluding ortho intramolecular Hbond substituents is 1. The van der Waals surface area contributed by atoms with Crippen LogP contribution in [0.5, 0.6) is 5.75 Å². The lowest BCUT2D eigenvalue weighted by Gasteiger charge is -2.37. The minimum Gasteiger partial charge on any atom is -0.508 e. The van der Waals surface area contributed by atoms with Crippen LogP contribution in [0.4, 0.5) is 11.4 Å². The quantitative estimate of drug-likeness (QED) is 0.453. The van der Waals surface area contributed by atoms with Gasteiger partial charge in [0.25, 0.3) is 17.5 Å². The van der Waals surface area contributed by atoms with Gasteiger partial charge in [-0.05, 0) is 30.3 Å². The average molecular weight is 404 g/mol.